The third-order valence-corrected chi connectivity index (χ3v) is 3.94. The van der Waals surface area contributed by atoms with Crippen molar-refractivity contribution in [1.82, 2.24) is 9.78 Å². The highest BCUT2D eigenvalue weighted by Gasteiger charge is 2.22. The first-order valence-corrected chi connectivity index (χ1v) is 7.85. The summed E-state index contributed by atoms with van der Waals surface area (Å²) < 4.78 is 15.7. The number of aliphatic hydroxyl groups excluding tert-OH is 1. The molecule has 126 valence electrons. The number of nitrogens with zero attached hydrogens (tertiary/aromatic N) is 3. The van der Waals surface area contributed by atoms with E-state index in [0.29, 0.717) is 12.1 Å². The summed E-state index contributed by atoms with van der Waals surface area (Å²) in [6.07, 6.45) is 0. The van der Waals surface area contributed by atoms with Crippen molar-refractivity contribution < 1.29 is 9.50 Å². The van der Waals surface area contributed by atoms with E-state index in [1.807, 2.05) is 12.1 Å². The highest BCUT2D eigenvalue weighted by molar-refractivity contribution is 5.89. The minimum atomic E-state index is -0.596. The summed E-state index contributed by atoms with van der Waals surface area (Å²) in [6, 6.07) is 7.40. The van der Waals surface area contributed by atoms with Crippen molar-refractivity contribution in [2.24, 2.45) is 0 Å². The van der Waals surface area contributed by atoms with Crippen LogP contribution in [0.15, 0.2) is 24.3 Å². The van der Waals surface area contributed by atoms with Gasteiger partial charge in [-0.25, -0.2) is 9.24 Å². The van der Waals surface area contributed by atoms with Crippen molar-refractivity contribution >= 4 is 11.5 Å². The monoisotopic (exact) mass is 327 g/mol. The van der Waals surface area contributed by atoms with E-state index in [4.69, 9.17) is 6.57 Å². The largest absolute Gasteiger partial charge is 0.517 e. The Bertz CT molecular complexity index is 818. The fraction of sp³-hybridized carbons (Fsp3) is 0.368. The van der Waals surface area contributed by atoms with Crippen LogP contribution in [-0.2, 0) is 12.0 Å². The molecule has 2 rings (SSSR count). The molecule has 2 aromatic rings. The lowest BCUT2D eigenvalue weighted by atomic mass is 9.86. The number of benzene rings is 1. The molecule has 0 saturated heterocycles. The van der Waals surface area contributed by atoms with Gasteiger partial charge in [0.15, 0.2) is 11.6 Å². The van der Waals surface area contributed by atoms with Crippen LogP contribution in [0.5, 0.6) is 0 Å². The highest BCUT2D eigenvalue weighted by Crippen LogP contribution is 2.30. The van der Waals surface area contributed by atoms with Gasteiger partial charge in [0.1, 0.15) is 5.69 Å². The maximum absolute atomic E-state index is 14.3. The predicted molar refractivity (Wildman–Crippen MR) is 93.8 cm³/mol. The van der Waals surface area contributed by atoms with Gasteiger partial charge < -0.3 is 5.11 Å². The molecule has 4 nitrogen and oxygen atoms in total. The van der Waals surface area contributed by atoms with E-state index in [-0.39, 0.29) is 28.3 Å². The lowest BCUT2D eigenvalue weighted by molar-refractivity contribution is 0.487. The summed E-state index contributed by atoms with van der Waals surface area (Å²) in [6.45, 7) is 17.5. The SMILES string of the molecule is [C-]#[N+]C(=C(O)c1c(F)c(C)nn1CC)c1ccc(C(C)(C)C)cc1. The van der Waals surface area contributed by atoms with Crippen molar-refractivity contribution in [3.8, 4) is 0 Å². The summed E-state index contributed by atoms with van der Waals surface area (Å²) >= 11 is 0. The standard InChI is InChI=1S/C19H22FN3O/c1-7-23-17(15(20)12(2)22-23)18(24)16(21-6)13-8-10-14(11-9-13)19(3,4)5/h8-11,24H,7H2,1-5H3. The molecule has 5 heteroatoms. The van der Waals surface area contributed by atoms with Gasteiger partial charge in [0, 0.05) is 6.54 Å². The molecule has 0 aliphatic carbocycles. The molecule has 24 heavy (non-hydrogen) atoms. The fourth-order valence-corrected chi connectivity index (χ4v) is 2.51. The maximum atomic E-state index is 14.3. The summed E-state index contributed by atoms with van der Waals surface area (Å²) in [4.78, 5) is 3.42. The Hall–Kier alpha value is -2.61. The van der Waals surface area contributed by atoms with E-state index in [1.54, 1.807) is 19.1 Å². The van der Waals surface area contributed by atoms with Gasteiger partial charge in [-0.15, -0.1) is 0 Å². The molecule has 0 radical (unpaired) electrons. The van der Waals surface area contributed by atoms with Gasteiger partial charge in [-0.1, -0.05) is 45.0 Å². The van der Waals surface area contributed by atoms with Crippen molar-refractivity contribution in [2.45, 2.75) is 46.6 Å². The number of hydrogen-bond donors (Lipinski definition) is 1. The van der Waals surface area contributed by atoms with Gasteiger partial charge in [-0.3, -0.25) is 4.68 Å². The zero-order valence-corrected chi connectivity index (χ0v) is 14.7. The molecule has 1 N–H and O–H groups in total. The van der Waals surface area contributed by atoms with Crippen molar-refractivity contribution in [3.05, 3.63) is 64.0 Å². The second-order valence-electron chi connectivity index (χ2n) is 6.70. The first-order chi connectivity index (χ1) is 11.2. The van der Waals surface area contributed by atoms with Crippen molar-refractivity contribution in [2.75, 3.05) is 0 Å². The summed E-state index contributed by atoms with van der Waals surface area (Å²) in [5.74, 6) is -0.977. The lowest BCUT2D eigenvalue weighted by Gasteiger charge is -2.19. The van der Waals surface area contributed by atoms with E-state index in [9.17, 15) is 9.50 Å². The molecule has 1 aromatic heterocycles. The minimum Gasteiger partial charge on any atom is -0.517 e. The second-order valence-corrected chi connectivity index (χ2v) is 6.70. The zero-order valence-electron chi connectivity index (χ0n) is 14.7. The topological polar surface area (TPSA) is 42.4 Å². The smallest absolute Gasteiger partial charge is 0.237 e. The van der Waals surface area contributed by atoms with Gasteiger partial charge >= 0.3 is 0 Å². The summed E-state index contributed by atoms with van der Waals surface area (Å²) in [5, 5.41) is 14.6. The maximum Gasteiger partial charge on any atom is 0.237 e. The first kappa shape index (κ1) is 17.7. The van der Waals surface area contributed by atoms with Gasteiger partial charge in [0.25, 0.3) is 0 Å². The van der Waals surface area contributed by atoms with Crippen molar-refractivity contribution in [3.63, 3.8) is 0 Å². The third-order valence-electron chi connectivity index (χ3n) is 3.94. The third kappa shape index (κ3) is 3.18. The fourth-order valence-electron chi connectivity index (χ4n) is 2.51. The van der Waals surface area contributed by atoms with Crippen LogP contribution in [0.3, 0.4) is 0 Å². The second kappa shape index (κ2) is 6.48. The van der Waals surface area contributed by atoms with Crippen LogP contribution in [0.4, 0.5) is 4.39 Å². The van der Waals surface area contributed by atoms with E-state index >= 15 is 0 Å². The molecule has 0 spiro atoms. The molecule has 0 atom stereocenters. The van der Waals surface area contributed by atoms with Crippen molar-refractivity contribution in [1.29, 1.82) is 0 Å². The summed E-state index contributed by atoms with van der Waals surface area (Å²) in [7, 11) is 0. The normalized spacial score (nSPS) is 12.7. The van der Waals surface area contributed by atoms with Gasteiger partial charge in [0.05, 0.1) is 12.3 Å². The van der Waals surface area contributed by atoms with Crippen LogP contribution >= 0.6 is 0 Å². The minimum absolute atomic E-state index is 0.00733. The average Bonchev–Trinajstić information content (AvgIpc) is 2.82. The Morgan fingerprint density at radius 3 is 2.33 bits per heavy atom. The number of aryl methyl sites for hydroxylation is 2. The molecular weight excluding hydrogens is 305 g/mol. The Morgan fingerprint density at radius 2 is 1.88 bits per heavy atom. The van der Waals surface area contributed by atoms with Gasteiger partial charge in [-0.2, -0.15) is 5.10 Å². The molecule has 1 aromatic carbocycles. The van der Waals surface area contributed by atoms with Crippen LogP contribution in [-0.4, -0.2) is 14.9 Å². The number of halogens is 1. The molecule has 0 bridgehead atoms. The van der Waals surface area contributed by atoms with E-state index < -0.39 is 5.82 Å². The molecular formula is C19H22FN3O. The number of aliphatic hydroxyl groups is 1. The van der Waals surface area contributed by atoms with E-state index in [1.165, 1.54) is 11.6 Å². The average molecular weight is 327 g/mol. The Kier molecular flexibility index (Phi) is 4.79. The highest BCUT2D eigenvalue weighted by atomic mass is 19.1. The molecule has 0 saturated carbocycles. The Balaban J connectivity index is 2.59. The Labute approximate surface area is 142 Å². The molecule has 0 amide bonds. The zero-order chi connectivity index (χ0) is 18.1. The van der Waals surface area contributed by atoms with Crippen LogP contribution in [0.2, 0.25) is 0 Å². The predicted octanol–water partition coefficient (Wildman–Crippen LogP) is 4.95. The van der Waals surface area contributed by atoms with Crippen LogP contribution in [0.25, 0.3) is 16.3 Å². The molecule has 0 unspecified atom stereocenters. The summed E-state index contributed by atoms with van der Waals surface area (Å²) in [5.41, 5.74) is 1.84. The molecule has 0 fully saturated rings. The first-order valence-electron chi connectivity index (χ1n) is 7.85. The number of hydrogen-bond acceptors (Lipinski definition) is 2. The number of rotatable bonds is 3. The van der Waals surface area contributed by atoms with E-state index in [0.717, 1.165) is 5.56 Å². The van der Waals surface area contributed by atoms with Gasteiger partial charge in [0.2, 0.25) is 5.70 Å². The Morgan fingerprint density at radius 1 is 1.29 bits per heavy atom. The number of aromatic nitrogens is 2. The van der Waals surface area contributed by atoms with Crippen LogP contribution < -0.4 is 0 Å². The molecule has 1 heterocycles. The quantitative estimate of drug-likeness (QED) is 0.640. The van der Waals surface area contributed by atoms with E-state index in [2.05, 4.69) is 30.7 Å². The van der Waals surface area contributed by atoms with Crippen LogP contribution in [0, 0.1) is 19.3 Å². The molecule has 0 aliphatic rings. The van der Waals surface area contributed by atoms with Crippen LogP contribution in [0.1, 0.15) is 50.2 Å². The molecule has 0 aliphatic heterocycles. The lowest BCUT2D eigenvalue weighted by Crippen LogP contribution is -2.10. The van der Waals surface area contributed by atoms with Gasteiger partial charge in [-0.05, 0) is 30.4 Å².